The van der Waals surface area contributed by atoms with Gasteiger partial charge in [-0.25, -0.2) is 14.8 Å². The van der Waals surface area contributed by atoms with Crippen molar-refractivity contribution in [1.82, 2.24) is 0 Å². The maximum Gasteiger partial charge on any atom is 0.343 e. The Morgan fingerprint density at radius 2 is 1.41 bits per heavy atom. The Kier molecular flexibility index (Phi) is 6.42. The molecule has 2 amide bonds. The molecule has 7 nitrogen and oxygen atoms in total. The van der Waals surface area contributed by atoms with Crippen LogP contribution in [-0.2, 0) is 20.8 Å². The normalized spacial score (nSPS) is 20.3. The topological polar surface area (TPSA) is 76.2 Å². The lowest BCUT2D eigenvalue weighted by Gasteiger charge is -2.28. The lowest BCUT2D eigenvalue weighted by atomic mass is 9.90. The Balaban J connectivity index is 1.32. The monoisotopic (exact) mass is 518 g/mol. The van der Waals surface area contributed by atoms with Gasteiger partial charge in [-0.15, -0.1) is 0 Å². The number of anilines is 2. The maximum atomic E-state index is 13.8. The second kappa shape index (κ2) is 10.2. The molecule has 194 valence electrons. The molecule has 2 heterocycles. The van der Waals surface area contributed by atoms with Crippen molar-refractivity contribution >= 4 is 29.2 Å². The minimum atomic E-state index is -0.954. The summed E-state index contributed by atoms with van der Waals surface area (Å²) >= 11 is 0. The summed E-state index contributed by atoms with van der Waals surface area (Å²) in [5.74, 6) is -1.52. The SMILES string of the molecule is CCc1ccc(N2C(=O)[C@@H]3[C@@H](c4ccc(OC(=O)c5ccccc5)cc4)N(c4ccccc4)O[C@H]3C2=O)cc1. The van der Waals surface area contributed by atoms with Crippen molar-refractivity contribution in [2.45, 2.75) is 25.5 Å². The van der Waals surface area contributed by atoms with Crippen molar-refractivity contribution in [1.29, 1.82) is 0 Å². The summed E-state index contributed by atoms with van der Waals surface area (Å²) in [5, 5.41) is 1.65. The van der Waals surface area contributed by atoms with Gasteiger partial charge in [0.25, 0.3) is 5.91 Å². The van der Waals surface area contributed by atoms with Crippen molar-refractivity contribution in [2.24, 2.45) is 5.92 Å². The molecule has 7 heteroatoms. The molecule has 6 rings (SSSR count). The van der Waals surface area contributed by atoms with E-state index < -0.39 is 24.0 Å². The predicted octanol–water partition coefficient (Wildman–Crippen LogP) is 5.52. The summed E-state index contributed by atoms with van der Waals surface area (Å²) < 4.78 is 5.54. The highest BCUT2D eigenvalue weighted by molar-refractivity contribution is 6.23. The van der Waals surface area contributed by atoms with Gasteiger partial charge in [-0.05, 0) is 66.1 Å². The quantitative estimate of drug-likeness (QED) is 0.190. The number of nitrogens with zero attached hydrogens (tertiary/aromatic N) is 2. The van der Waals surface area contributed by atoms with E-state index in [1.807, 2.05) is 48.5 Å². The van der Waals surface area contributed by atoms with E-state index in [1.54, 1.807) is 65.7 Å². The van der Waals surface area contributed by atoms with Gasteiger partial charge < -0.3 is 4.74 Å². The van der Waals surface area contributed by atoms with Crippen LogP contribution in [0.1, 0.15) is 34.5 Å². The van der Waals surface area contributed by atoms with Gasteiger partial charge in [-0.3, -0.25) is 14.4 Å². The number of aryl methyl sites for hydroxylation is 1. The van der Waals surface area contributed by atoms with Gasteiger partial charge in [0.1, 0.15) is 11.7 Å². The van der Waals surface area contributed by atoms with Crippen LogP contribution in [-0.4, -0.2) is 23.9 Å². The third-order valence-electron chi connectivity index (χ3n) is 7.17. The molecule has 0 saturated carbocycles. The Morgan fingerprint density at radius 3 is 2.05 bits per heavy atom. The molecule has 3 atom stereocenters. The average molecular weight is 519 g/mol. The van der Waals surface area contributed by atoms with Gasteiger partial charge >= 0.3 is 5.97 Å². The Morgan fingerprint density at radius 1 is 0.769 bits per heavy atom. The van der Waals surface area contributed by atoms with Crippen LogP contribution in [0.15, 0.2) is 109 Å². The summed E-state index contributed by atoms with van der Waals surface area (Å²) in [7, 11) is 0. The number of carbonyl (C=O) groups is 3. The van der Waals surface area contributed by atoms with Crippen LogP contribution in [0.3, 0.4) is 0 Å². The van der Waals surface area contributed by atoms with Crippen molar-refractivity contribution in [3.8, 4) is 5.75 Å². The number of amides is 2. The largest absolute Gasteiger partial charge is 0.423 e. The maximum absolute atomic E-state index is 13.8. The highest BCUT2D eigenvalue weighted by atomic mass is 16.7. The number of rotatable bonds is 6. The highest BCUT2D eigenvalue weighted by Crippen LogP contribution is 2.47. The standard InChI is InChI=1S/C32H26N2O5/c1-2-21-13-17-24(18-14-21)33-30(35)27-28(34(39-29(27)31(33)36)25-11-7-4-8-12-25)22-15-19-26(20-16-22)38-32(37)23-9-5-3-6-10-23/h3-20,27-29H,2H2,1H3/t27-,28-,29-/m1/s1. The summed E-state index contributed by atoms with van der Waals surface area (Å²) in [6.07, 6.45) is -0.0921. The van der Waals surface area contributed by atoms with Gasteiger partial charge in [0.2, 0.25) is 5.91 Å². The smallest absolute Gasteiger partial charge is 0.343 e. The minimum Gasteiger partial charge on any atom is -0.423 e. The zero-order valence-corrected chi connectivity index (χ0v) is 21.3. The highest BCUT2D eigenvalue weighted by Gasteiger charge is 2.60. The molecule has 0 unspecified atom stereocenters. The number of para-hydroxylation sites is 1. The number of ether oxygens (including phenoxy) is 1. The molecule has 4 aromatic rings. The first-order valence-corrected chi connectivity index (χ1v) is 12.9. The van der Waals surface area contributed by atoms with E-state index in [1.165, 1.54) is 4.90 Å². The molecule has 0 aromatic heterocycles. The fourth-order valence-corrected chi connectivity index (χ4v) is 5.16. The Hall–Kier alpha value is -4.75. The van der Waals surface area contributed by atoms with Crippen LogP contribution >= 0.6 is 0 Å². The van der Waals surface area contributed by atoms with Crippen molar-refractivity contribution in [2.75, 3.05) is 9.96 Å². The summed E-state index contributed by atoms with van der Waals surface area (Å²) in [6.45, 7) is 2.05. The number of carbonyl (C=O) groups excluding carboxylic acids is 3. The number of esters is 1. The Bertz CT molecular complexity index is 1500. The average Bonchev–Trinajstić information content (AvgIpc) is 3.50. The van der Waals surface area contributed by atoms with Crippen molar-refractivity contribution in [3.05, 3.63) is 126 Å². The molecule has 2 fully saturated rings. The number of benzene rings is 4. The molecule has 0 spiro atoms. The van der Waals surface area contributed by atoms with Gasteiger partial charge in [0.15, 0.2) is 6.10 Å². The molecule has 2 aliphatic rings. The molecular formula is C32H26N2O5. The summed E-state index contributed by atoms with van der Waals surface area (Å²) in [5.41, 5.74) is 3.60. The molecule has 0 N–H and O–H groups in total. The minimum absolute atomic E-state index is 0.308. The third kappa shape index (κ3) is 4.47. The van der Waals surface area contributed by atoms with E-state index in [0.717, 1.165) is 23.2 Å². The lowest BCUT2D eigenvalue weighted by molar-refractivity contribution is -0.126. The van der Waals surface area contributed by atoms with Gasteiger partial charge in [0, 0.05) is 0 Å². The first-order chi connectivity index (χ1) is 19.0. The number of hydrogen-bond acceptors (Lipinski definition) is 6. The van der Waals surface area contributed by atoms with E-state index in [9.17, 15) is 14.4 Å². The van der Waals surface area contributed by atoms with Crippen LogP contribution < -0.4 is 14.7 Å². The zero-order chi connectivity index (χ0) is 26.9. The zero-order valence-electron chi connectivity index (χ0n) is 21.3. The van der Waals surface area contributed by atoms with E-state index in [4.69, 9.17) is 9.57 Å². The molecule has 0 aliphatic carbocycles. The molecule has 2 saturated heterocycles. The van der Waals surface area contributed by atoms with Crippen LogP contribution in [0.5, 0.6) is 5.75 Å². The van der Waals surface area contributed by atoms with Crippen LogP contribution in [0.4, 0.5) is 11.4 Å². The molecular weight excluding hydrogens is 492 g/mol. The van der Waals surface area contributed by atoms with Crippen LogP contribution in [0, 0.1) is 5.92 Å². The molecule has 0 radical (unpaired) electrons. The number of fused-ring (bicyclic) bond motifs is 1. The first-order valence-electron chi connectivity index (χ1n) is 12.9. The van der Waals surface area contributed by atoms with Crippen LogP contribution in [0.25, 0.3) is 0 Å². The van der Waals surface area contributed by atoms with Crippen LogP contribution in [0.2, 0.25) is 0 Å². The van der Waals surface area contributed by atoms with E-state index in [2.05, 4.69) is 6.92 Å². The second-order valence-electron chi connectivity index (χ2n) is 9.51. The number of hydrogen-bond donors (Lipinski definition) is 0. The van der Waals surface area contributed by atoms with E-state index >= 15 is 0 Å². The fourth-order valence-electron chi connectivity index (χ4n) is 5.16. The number of imide groups is 1. The van der Waals surface area contributed by atoms with Gasteiger partial charge in [-0.1, -0.05) is 67.6 Å². The third-order valence-corrected chi connectivity index (χ3v) is 7.17. The number of hydroxylamine groups is 1. The van der Waals surface area contributed by atoms with Gasteiger partial charge in [-0.2, -0.15) is 0 Å². The van der Waals surface area contributed by atoms with Gasteiger partial charge in [0.05, 0.1) is 23.0 Å². The van der Waals surface area contributed by atoms with Crippen molar-refractivity contribution in [3.63, 3.8) is 0 Å². The Labute approximate surface area is 226 Å². The fraction of sp³-hybridized carbons (Fsp3) is 0.156. The summed E-state index contributed by atoms with van der Waals surface area (Å²) in [4.78, 5) is 47.3. The lowest BCUT2D eigenvalue weighted by Crippen LogP contribution is -2.37. The van der Waals surface area contributed by atoms with Crippen molar-refractivity contribution < 1.29 is 24.0 Å². The predicted molar refractivity (Wildman–Crippen MR) is 146 cm³/mol. The molecule has 2 aliphatic heterocycles. The molecule has 4 aromatic carbocycles. The molecule has 0 bridgehead atoms. The van der Waals surface area contributed by atoms with E-state index in [-0.39, 0.29) is 11.8 Å². The first kappa shape index (κ1) is 24.6. The van der Waals surface area contributed by atoms with E-state index in [0.29, 0.717) is 17.0 Å². The second-order valence-corrected chi connectivity index (χ2v) is 9.51. The molecule has 39 heavy (non-hydrogen) atoms. The summed E-state index contributed by atoms with van der Waals surface area (Å²) in [6, 6.07) is 32.0.